The number of aromatic nitrogens is 2. The van der Waals surface area contributed by atoms with E-state index in [9.17, 15) is 38.2 Å². The molecule has 0 bridgehead atoms. The molecule has 2 fully saturated rings. The van der Waals surface area contributed by atoms with Crippen LogP contribution in [0.1, 0.15) is 38.3 Å². The molecule has 4 atom stereocenters. The predicted molar refractivity (Wildman–Crippen MR) is 115 cm³/mol. The number of nitrogens with one attached hydrogen (secondary N) is 2. The Bertz CT molecular complexity index is 1050. The monoisotopic (exact) mass is 519 g/mol. The molecule has 1 aromatic rings. The van der Waals surface area contributed by atoms with E-state index in [1.54, 1.807) is 0 Å². The summed E-state index contributed by atoms with van der Waals surface area (Å²) in [5.74, 6) is -6.48. The smallest absolute Gasteiger partial charge is 0.412 e. The van der Waals surface area contributed by atoms with Crippen LogP contribution in [0.15, 0.2) is 17.1 Å². The fourth-order valence-corrected chi connectivity index (χ4v) is 3.97. The second kappa shape index (κ2) is 10.8. The van der Waals surface area contributed by atoms with Gasteiger partial charge in [-0.3, -0.25) is 14.7 Å². The number of nitrogens with zero attached hydrogens (tertiary/aromatic N) is 2. The highest BCUT2D eigenvalue weighted by Gasteiger charge is 2.59. The molecule has 0 spiro atoms. The summed E-state index contributed by atoms with van der Waals surface area (Å²) in [4.78, 5) is 51.6. The molecule has 14 nitrogen and oxygen atoms in total. The maximum absolute atomic E-state index is 14.2. The molecule has 1 aliphatic carbocycles. The molecule has 1 aliphatic heterocycles. The molecule has 3 rings (SSSR count). The average Bonchev–Trinajstić information content (AvgIpc) is 3.05. The minimum Gasteiger partial charge on any atom is -0.480 e. The molecular weight excluding hydrogens is 492 g/mol. The minimum absolute atomic E-state index is 0.374. The van der Waals surface area contributed by atoms with E-state index < -0.39 is 78.6 Å². The maximum atomic E-state index is 14.2. The maximum Gasteiger partial charge on any atom is 0.412 e. The number of hydrogen-bond acceptors (Lipinski definition) is 10. The van der Waals surface area contributed by atoms with E-state index in [0.29, 0.717) is 17.4 Å². The Balaban J connectivity index is 1.59. The number of aliphatic hydroxyl groups excluding tert-OH is 2. The van der Waals surface area contributed by atoms with Crippen LogP contribution in [0, 0.1) is 0 Å². The molecule has 2 amide bonds. The van der Waals surface area contributed by atoms with Crippen molar-refractivity contribution in [2.45, 2.75) is 68.0 Å². The third-order valence-electron chi connectivity index (χ3n) is 6.05. The number of amides is 2. The molecule has 16 heteroatoms. The molecule has 36 heavy (non-hydrogen) atoms. The Kier molecular flexibility index (Phi) is 8.22. The Labute approximate surface area is 202 Å². The van der Waals surface area contributed by atoms with Gasteiger partial charge >= 0.3 is 23.7 Å². The number of carboxylic acids is 1. The van der Waals surface area contributed by atoms with Crippen LogP contribution in [0.3, 0.4) is 0 Å². The van der Waals surface area contributed by atoms with Gasteiger partial charge in [-0.1, -0.05) is 19.3 Å². The fraction of sp³-hybridized carbons (Fsp3) is 0.650. The number of nitrogens with two attached hydrogens (primary N) is 1. The standard InChI is InChI=1S/C20H27F2N5O9/c21-20(22)13(29)11(8-28)36-16(20)27-7-4-12(25-17(27)33)26-18(34)35-9-10(14(30)31)24-15(32)19(23)5-2-1-3-6-19/h4,7,10-11,13,16,28-29H,1-3,5-6,8-9,23H2,(H,24,32)(H,30,31)(H,25,26,33,34)/t10-,11+,13+,16+/m0/s1. The number of anilines is 1. The summed E-state index contributed by atoms with van der Waals surface area (Å²) in [5, 5.41) is 32.3. The Morgan fingerprint density at radius 1 is 1.31 bits per heavy atom. The van der Waals surface area contributed by atoms with Gasteiger partial charge in [-0.15, -0.1) is 0 Å². The first-order valence-electron chi connectivity index (χ1n) is 11.1. The number of carbonyl (C=O) groups excluding carboxylic acids is 2. The minimum atomic E-state index is -3.91. The first kappa shape index (κ1) is 27.4. The summed E-state index contributed by atoms with van der Waals surface area (Å²) in [5.41, 5.74) is 3.58. The van der Waals surface area contributed by atoms with E-state index in [2.05, 4.69) is 10.3 Å². The van der Waals surface area contributed by atoms with Gasteiger partial charge in [-0.05, 0) is 18.9 Å². The second-order valence-corrected chi connectivity index (χ2v) is 8.64. The molecule has 1 aromatic heterocycles. The Morgan fingerprint density at radius 2 is 1.97 bits per heavy atom. The average molecular weight is 519 g/mol. The van der Waals surface area contributed by atoms with Crippen molar-refractivity contribution in [2.75, 3.05) is 18.5 Å². The lowest BCUT2D eigenvalue weighted by atomic mass is 9.82. The van der Waals surface area contributed by atoms with E-state index in [4.69, 9.17) is 20.3 Å². The number of hydrogen-bond donors (Lipinski definition) is 6. The highest BCUT2D eigenvalue weighted by atomic mass is 19.3. The van der Waals surface area contributed by atoms with Crippen LogP contribution in [0.25, 0.3) is 0 Å². The zero-order chi connectivity index (χ0) is 26.7. The normalized spacial score (nSPS) is 25.5. The summed E-state index contributed by atoms with van der Waals surface area (Å²) >= 11 is 0. The number of alkyl halides is 2. The zero-order valence-electron chi connectivity index (χ0n) is 18.9. The van der Waals surface area contributed by atoms with Crippen molar-refractivity contribution in [3.05, 3.63) is 22.7 Å². The molecule has 2 heterocycles. The molecule has 0 radical (unpaired) electrons. The highest BCUT2D eigenvalue weighted by Crippen LogP contribution is 2.42. The third kappa shape index (κ3) is 5.77. The number of carboxylic acid groups (broad SMARTS) is 1. The van der Waals surface area contributed by atoms with Gasteiger partial charge in [0.05, 0.1) is 12.1 Å². The van der Waals surface area contributed by atoms with Crippen molar-refractivity contribution in [1.29, 1.82) is 0 Å². The molecule has 0 unspecified atom stereocenters. The first-order chi connectivity index (χ1) is 16.9. The molecule has 7 N–H and O–H groups in total. The molecule has 200 valence electrons. The summed E-state index contributed by atoms with van der Waals surface area (Å²) in [6.45, 7) is -1.69. The summed E-state index contributed by atoms with van der Waals surface area (Å²) in [7, 11) is 0. The van der Waals surface area contributed by atoms with Gasteiger partial charge in [0, 0.05) is 6.20 Å². The van der Waals surface area contributed by atoms with Crippen molar-refractivity contribution in [3.63, 3.8) is 0 Å². The van der Waals surface area contributed by atoms with Crippen LogP contribution in [-0.2, 0) is 19.1 Å². The number of rotatable bonds is 8. The van der Waals surface area contributed by atoms with Crippen molar-refractivity contribution < 1.29 is 48.0 Å². The molecular formula is C20H27F2N5O9. The zero-order valence-corrected chi connectivity index (χ0v) is 18.9. The van der Waals surface area contributed by atoms with E-state index >= 15 is 0 Å². The van der Waals surface area contributed by atoms with Gasteiger partial charge in [-0.2, -0.15) is 13.8 Å². The van der Waals surface area contributed by atoms with Gasteiger partial charge in [0.2, 0.25) is 12.1 Å². The lowest BCUT2D eigenvalue weighted by Gasteiger charge is -2.32. The van der Waals surface area contributed by atoms with Crippen LogP contribution in [0.4, 0.5) is 19.4 Å². The molecule has 0 aromatic carbocycles. The van der Waals surface area contributed by atoms with Gasteiger partial charge in [0.25, 0.3) is 0 Å². The van der Waals surface area contributed by atoms with Gasteiger partial charge in [-0.25, -0.2) is 14.4 Å². The van der Waals surface area contributed by atoms with Crippen molar-refractivity contribution >= 4 is 23.8 Å². The van der Waals surface area contributed by atoms with Crippen molar-refractivity contribution in [1.82, 2.24) is 14.9 Å². The topological polar surface area (TPSA) is 215 Å². The number of aliphatic hydroxyl groups is 2. The van der Waals surface area contributed by atoms with Gasteiger partial charge in [0.15, 0.2) is 12.1 Å². The van der Waals surface area contributed by atoms with Crippen LogP contribution in [0.5, 0.6) is 0 Å². The number of ether oxygens (including phenoxy) is 2. The molecule has 2 aliphatic rings. The fourth-order valence-electron chi connectivity index (χ4n) is 3.97. The number of aliphatic carboxylic acids is 1. The van der Waals surface area contributed by atoms with Crippen molar-refractivity contribution in [3.8, 4) is 0 Å². The Morgan fingerprint density at radius 3 is 2.53 bits per heavy atom. The summed E-state index contributed by atoms with van der Waals surface area (Å²) < 4.78 is 38.5. The second-order valence-electron chi connectivity index (χ2n) is 8.64. The van der Waals surface area contributed by atoms with Crippen LogP contribution in [0.2, 0.25) is 0 Å². The van der Waals surface area contributed by atoms with Crippen molar-refractivity contribution in [2.24, 2.45) is 5.73 Å². The van der Waals surface area contributed by atoms with E-state index in [1.165, 1.54) is 0 Å². The lowest BCUT2D eigenvalue weighted by Crippen LogP contribution is -2.59. The SMILES string of the molecule is NC1(C(=O)N[C@@H](COC(=O)Nc2ccn([C@@H]3O[C@H](CO)[C@@H](O)C3(F)F)c(=O)n2)C(=O)O)CCCCC1. The largest absolute Gasteiger partial charge is 0.480 e. The van der Waals surface area contributed by atoms with Crippen LogP contribution in [-0.4, -0.2) is 85.8 Å². The number of halogens is 2. The number of carbonyl (C=O) groups is 3. The predicted octanol–water partition coefficient (Wildman–Crippen LogP) is -1.09. The van der Waals surface area contributed by atoms with E-state index in [0.717, 1.165) is 31.5 Å². The highest BCUT2D eigenvalue weighted by molar-refractivity contribution is 5.90. The van der Waals surface area contributed by atoms with Gasteiger partial charge < -0.3 is 35.8 Å². The summed E-state index contributed by atoms with van der Waals surface area (Å²) in [6, 6.07) is -0.641. The molecule has 1 saturated heterocycles. The van der Waals surface area contributed by atoms with E-state index in [1.807, 2.05) is 5.32 Å². The van der Waals surface area contributed by atoms with Gasteiger partial charge in [0.1, 0.15) is 18.5 Å². The third-order valence-corrected chi connectivity index (χ3v) is 6.05. The quantitative estimate of drug-likeness (QED) is 0.242. The Hall–Kier alpha value is -3.21. The van der Waals surface area contributed by atoms with Crippen LogP contribution < -0.4 is 22.1 Å². The van der Waals surface area contributed by atoms with Crippen LogP contribution >= 0.6 is 0 Å². The lowest BCUT2D eigenvalue weighted by molar-refractivity contribution is -0.144. The first-order valence-corrected chi connectivity index (χ1v) is 11.1. The summed E-state index contributed by atoms with van der Waals surface area (Å²) in [6.07, 6.45) is -3.51. The van der Waals surface area contributed by atoms with E-state index in [-0.39, 0.29) is 0 Å². The molecule has 1 saturated carbocycles.